The number of hydrogen-bond donors (Lipinski definition) is 2. The third kappa shape index (κ3) is 6.95. The number of hydrogen-bond acceptors (Lipinski definition) is 8. The molecule has 3 aromatic carbocycles. The van der Waals surface area contributed by atoms with Gasteiger partial charge in [0.2, 0.25) is 0 Å². The smallest absolute Gasteiger partial charge is 0.166 e. The van der Waals surface area contributed by atoms with Crippen molar-refractivity contribution in [3.63, 3.8) is 0 Å². The Hall–Kier alpha value is -2.79. The maximum absolute atomic E-state index is 13.5. The second kappa shape index (κ2) is 13.1. The van der Waals surface area contributed by atoms with E-state index >= 15 is 0 Å². The number of rotatable bonds is 11. The Labute approximate surface area is 219 Å². The molecule has 0 spiro atoms. The summed E-state index contributed by atoms with van der Waals surface area (Å²) in [5.74, 6) is 1.45. The Bertz CT molecular complexity index is 1120. The number of aliphatic hydroxyl groups excluding tert-OH is 2. The van der Waals surface area contributed by atoms with Crippen molar-refractivity contribution in [1.29, 1.82) is 0 Å². The fourth-order valence-corrected chi connectivity index (χ4v) is 5.43. The van der Waals surface area contributed by atoms with Crippen molar-refractivity contribution in [3.05, 3.63) is 90.0 Å². The molecule has 0 aromatic heterocycles. The minimum Gasteiger partial charge on any atom is -0.497 e. The average Bonchev–Trinajstić information content (AvgIpc) is 2.95. The largest absolute Gasteiger partial charge is 0.497 e. The molecule has 198 valence electrons. The van der Waals surface area contributed by atoms with Crippen molar-refractivity contribution in [2.75, 3.05) is 20.8 Å². The maximum atomic E-state index is 13.5. The van der Waals surface area contributed by atoms with E-state index in [1.807, 2.05) is 42.5 Å². The van der Waals surface area contributed by atoms with Crippen LogP contribution in [0.15, 0.2) is 83.8 Å². The highest BCUT2D eigenvalue weighted by Gasteiger charge is 2.48. The highest BCUT2D eigenvalue weighted by atomic mass is 32.2. The summed E-state index contributed by atoms with van der Waals surface area (Å²) in [6.45, 7) is 0.400. The van der Waals surface area contributed by atoms with Crippen molar-refractivity contribution in [2.24, 2.45) is 0 Å². The van der Waals surface area contributed by atoms with Crippen LogP contribution in [0.4, 0.5) is 0 Å². The molecule has 0 aliphatic carbocycles. The number of methoxy groups -OCH3 is 2. The van der Waals surface area contributed by atoms with Gasteiger partial charge in [-0.2, -0.15) is 0 Å². The van der Waals surface area contributed by atoms with Gasteiger partial charge in [-0.15, -0.1) is 0 Å². The Balaban J connectivity index is 1.46. The summed E-state index contributed by atoms with van der Waals surface area (Å²) in [5.41, 5.74) is 0.724. The van der Waals surface area contributed by atoms with Gasteiger partial charge < -0.3 is 33.9 Å². The molecular formula is C28H32O8S. The Morgan fingerprint density at radius 1 is 0.784 bits per heavy atom. The average molecular weight is 529 g/mol. The monoisotopic (exact) mass is 528 g/mol. The van der Waals surface area contributed by atoms with Crippen LogP contribution in [-0.2, 0) is 38.2 Å². The van der Waals surface area contributed by atoms with Gasteiger partial charge in [0.1, 0.15) is 35.9 Å². The standard InChI is InChI=1S/C28H32O8S/c1-32-21-12-8-19(9-13-21)16-34-18-24-25(29)26(30)27(35-17-20-10-14-22(33-2)15-11-20)28(36-24)37(31)23-6-4-3-5-7-23/h3-15,24-30H,16-18H2,1-2H3/t24-,25+,26+,27-,28+,37?/m1/s1. The zero-order valence-corrected chi connectivity index (χ0v) is 21.6. The van der Waals surface area contributed by atoms with E-state index in [1.54, 1.807) is 50.6 Å². The molecule has 37 heavy (non-hydrogen) atoms. The lowest BCUT2D eigenvalue weighted by atomic mass is 10.00. The second-order valence-corrected chi connectivity index (χ2v) is 10.2. The minimum atomic E-state index is -1.67. The molecule has 1 saturated heterocycles. The summed E-state index contributed by atoms with van der Waals surface area (Å²) in [6.07, 6.45) is -4.55. The molecule has 3 aromatic rings. The normalized spacial score (nSPS) is 24.4. The summed E-state index contributed by atoms with van der Waals surface area (Å²) >= 11 is 0. The van der Waals surface area contributed by atoms with E-state index in [2.05, 4.69) is 0 Å². The van der Waals surface area contributed by atoms with Gasteiger partial charge in [0, 0.05) is 4.90 Å². The quantitative estimate of drug-likeness (QED) is 0.392. The van der Waals surface area contributed by atoms with Gasteiger partial charge in [-0.25, -0.2) is 0 Å². The third-order valence-corrected chi connectivity index (χ3v) is 7.68. The highest BCUT2D eigenvalue weighted by Crippen LogP contribution is 2.30. The van der Waals surface area contributed by atoms with Gasteiger partial charge in [-0.3, -0.25) is 4.21 Å². The first-order chi connectivity index (χ1) is 18.0. The number of benzene rings is 3. The molecule has 1 aliphatic rings. The molecule has 0 saturated carbocycles. The Kier molecular flexibility index (Phi) is 9.68. The lowest BCUT2D eigenvalue weighted by Gasteiger charge is -2.42. The van der Waals surface area contributed by atoms with Crippen LogP contribution in [0.2, 0.25) is 0 Å². The molecule has 0 bridgehead atoms. The van der Waals surface area contributed by atoms with Crippen molar-refractivity contribution < 1.29 is 38.1 Å². The van der Waals surface area contributed by atoms with Crippen molar-refractivity contribution in [1.82, 2.24) is 0 Å². The van der Waals surface area contributed by atoms with E-state index in [9.17, 15) is 14.4 Å². The fraction of sp³-hybridized carbons (Fsp3) is 0.357. The van der Waals surface area contributed by atoms with E-state index in [0.29, 0.717) is 10.6 Å². The maximum Gasteiger partial charge on any atom is 0.166 e. The molecule has 1 unspecified atom stereocenters. The molecule has 1 heterocycles. The van der Waals surface area contributed by atoms with E-state index in [0.717, 1.165) is 16.9 Å². The fourth-order valence-electron chi connectivity index (χ4n) is 4.01. The van der Waals surface area contributed by atoms with Gasteiger partial charge in [0.05, 0.1) is 44.8 Å². The van der Waals surface area contributed by atoms with Gasteiger partial charge in [-0.05, 0) is 47.5 Å². The summed E-state index contributed by atoms with van der Waals surface area (Å²) in [7, 11) is 1.51. The van der Waals surface area contributed by atoms with Crippen LogP contribution in [-0.4, -0.2) is 65.1 Å². The van der Waals surface area contributed by atoms with Crippen molar-refractivity contribution >= 4 is 10.8 Å². The van der Waals surface area contributed by atoms with Crippen LogP contribution >= 0.6 is 0 Å². The molecule has 1 aliphatic heterocycles. The molecule has 9 heteroatoms. The molecule has 8 nitrogen and oxygen atoms in total. The Morgan fingerprint density at radius 3 is 1.92 bits per heavy atom. The van der Waals surface area contributed by atoms with E-state index < -0.39 is 40.7 Å². The molecule has 0 radical (unpaired) electrons. The van der Waals surface area contributed by atoms with E-state index in [1.165, 1.54) is 0 Å². The SMILES string of the molecule is COc1ccc(COC[C@H]2O[C@@H](S(=O)c3ccccc3)[C@H](OCc3ccc(OC)cc3)[C@@H](O)[C@H]2O)cc1. The lowest BCUT2D eigenvalue weighted by molar-refractivity contribution is -0.226. The molecule has 2 N–H and O–H groups in total. The van der Waals surface area contributed by atoms with Crippen molar-refractivity contribution in [2.45, 2.75) is 48.0 Å². The predicted molar refractivity (Wildman–Crippen MR) is 138 cm³/mol. The summed E-state index contributed by atoms with van der Waals surface area (Å²) in [6, 6.07) is 23.5. The van der Waals surface area contributed by atoms with Gasteiger partial charge in [-0.1, -0.05) is 42.5 Å². The molecule has 6 atom stereocenters. The lowest BCUT2D eigenvalue weighted by Crippen LogP contribution is -2.60. The number of aliphatic hydroxyl groups is 2. The molecule has 0 amide bonds. The van der Waals surface area contributed by atoms with Crippen molar-refractivity contribution in [3.8, 4) is 11.5 Å². The predicted octanol–water partition coefficient (Wildman–Crippen LogP) is 3.06. The van der Waals surface area contributed by atoms with Crippen LogP contribution in [0.5, 0.6) is 11.5 Å². The Morgan fingerprint density at radius 2 is 1.35 bits per heavy atom. The second-order valence-electron chi connectivity index (χ2n) is 8.62. The zero-order chi connectivity index (χ0) is 26.2. The van der Waals surface area contributed by atoms with Gasteiger partial charge in [0.25, 0.3) is 0 Å². The van der Waals surface area contributed by atoms with E-state index in [4.69, 9.17) is 23.7 Å². The van der Waals surface area contributed by atoms with Gasteiger partial charge >= 0.3 is 0 Å². The van der Waals surface area contributed by atoms with Crippen LogP contribution in [0.1, 0.15) is 11.1 Å². The van der Waals surface area contributed by atoms with Crippen LogP contribution in [0.3, 0.4) is 0 Å². The highest BCUT2D eigenvalue weighted by molar-refractivity contribution is 7.85. The third-order valence-electron chi connectivity index (χ3n) is 6.14. The minimum absolute atomic E-state index is 0.00204. The van der Waals surface area contributed by atoms with Crippen LogP contribution in [0.25, 0.3) is 0 Å². The topological polar surface area (TPSA) is 104 Å². The van der Waals surface area contributed by atoms with Crippen LogP contribution in [0, 0.1) is 0 Å². The number of ether oxygens (including phenoxy) is 5. The first kappa shape index (κ1) is 27.3. The van der Waals surface area contributed by atoms with Gasteiger partial charge in [0.15, 0.2) is 5.44 Å². The first-order valence-corrected chi connectivity index (χ1v) is 13.1. The molecular weight excluding hydrogens is 496 g/mol. The zero-order valence-electron chi connectivity index (χ0n) is 20.8. The summed E-state index contributed by atoms with van der Waals surface area (Å²) < 4.78 is 41.7. The summed E-state index contributed by atoms with van der Waals surface area (Å²) in [4.78, 5) is 0.534. The molecule has 1 fully saturated rings. The van der Waals surface area contributed by atoms with Crippen LogP contribution < -0.4 is 9.47 Å². The molecule has 4 rings (SSSR count). The summed E-state index contributed by atoms with van der Waals surface area (Å²) in [5, 5.41) is 21.9. The van der Waals surface area contributed by atoms with E-state index in [-0.39, 0.29) is 19.8 Å². The first-order valence-electron chi connectivity index (χ1n) is 11.9.